The second-order valence-corrected chi connectivity index (χ2v) is 19.5. The number of hydrogen-bond acceptors (Lipinski definition) is 5. The van der Waals surface area contributed by atoms with Crippen molar-refractivity contribution in [2.75, 3.05) is 0 Å². The second kappa shape index (κ2) is 9.09. The van der Waals surface area contributed by atoms with Gasteiger partial charge in [0.2, 0.25) is 0 Å². The average Bonchev–Trinajstić information content (AvgIpc) is 2.42. The molecule has 9 heteroatoms. The first-order chi connectivity index (χ1) is 10.6. The quantitative estimate of drug-likeness (QED) is 0.518. The first-order valence-corrected chi connectivity index (χ1v) is 20.2. The molecule has 0 radical (unpaired) electrons. The van der Waals surface area contributed by atoms with E-state index in [0.29, 0.717) is 12.1 Å². The molecule has 0 saturated heterocycles. The largest absolute Gasteiger partial charge is 0.355 e. The van der Waals surface area contributed by atoms with Gasteiger partial charge in [0.1, 0.15) is 41.5 Å². The molecule has 1 saturated carbocycles. The molecule has 1 fully saturated rings. The molecule has 0 N–H and O–H groups in total. The van der Waals surface area contributed by atoms with Gasteiger partial charge >= 0.3 is 0 Å². The van der Waals surface area contributed by atoms with E-state index in [1.165, 1.54) is 0 Å². The maximum Gasteiger partial charge on any atom is 0.184 e. The number of rotatable bonds is 6. The average molecular weight is 387 g/mol. The van der Waals surface area contributed by atoms with Crippen LogP contribution in [-0.2, 0) is 4.79 Å². The Morgan fingerprint density at radius 1 is 0.739 bits per heavy atom. The van der Waals surface area contributed by atoms with Crippen LogP contribution in [-0.4, -0.2) is 61.7 Å². The fourth-order valence-corrected chi connectivity index (χ4v) is 13.9. The highest BCUT2D eigenvalue weighted by atomic mass is 28.4. The minimum absolute atomic E-state index is 0.195. The van der Waals surface area contributed by atoms with E-state index in [-0.39, 0.29) is 5.78 Å². The van der Waals surface area contributed by atoms with Crippen LogP contribution in [0.4, 0.5) is 0 Å². The van der Waals surface area contributed by atoms with Gasteiger partial charge in [0.25, 0.3) is 0 Å². The Labute approximate surface area is 148 Å². The summed E-state index contributed by atoms with van der Waals surface area (Å²) in [6.45, 7) is 18.4. The van der Waals surface area contributed by atoms with Crippen LogP contribution in [0.15, 0.2) is 10.2 Å². The number of hydrogen-bond donors (Lipinski definition) is 0. The molecule has 23 heavy (non-hydrogen) atoms. The molecule has 1 rings (SSSR count). The van der Waals surface area contributed by atoms with E-state index in [4.69, 9.17) is 10.2 Å². The molecule has 0 bridgehead atoms. The lowest BCUT2D eigenvalue weighted by atomic mass is 9.95. The van der Waals surface area contributed by atoms with Gasteiger partial charge in [-0.15, -0.1) is 0 Å². The van der Waals surface area contributed by atoms with E-state index >= 15 is 0 Å². The molecule has 132 valence electrons. The normalized spacial score (nSPS) is 19.7. The summed E-state index contributed by atoms with van der Waals surface area (Å²) in [5.74, 6) is 0.195. The maximum absolute atomic E-state index is 12.5. The van der Waals surface area contributed by atoms with Gasteiger partial charge in [-0.2, -0.15) is 10.2 Å². The molecule has 0 aliphatic heterocycles. The first-order valence-electron chi connectivity index (χ1n) is 8.91. The third-order valence-electron chi connectivity index (χ3n) is 3.92. The summed E-state index contributed by atoms with van der Waals surface area (Å²) >= 11 is 0. The van der Waals surface area contributed by atoms with E-state index in [1.54, 1.807) is 0 Å². The predicted molar refractivity (Wildman–Crippen MR) is 113 cm³/mol. The Morgan fingerprint density at radius 3 is 1.61 bits per heavy atom. The van der Waals surface area contributed by atoms with Crippen molar-refractivity contribution in [2.45, 2.75) is 71.6 Å². The number of carbonyl (C=O) groups is 1. The van der Waals surface area contributed by atoms with Crippen LogP contribution in [0.5, 0.6) is 0 Å². The summed E-state index contributed by atoms with van der Waals surface area (Å²) in [5.41, 5.74) is 1.63. The number of hydrazone groups is 2. The molecule has 0 spiro atoms. The van der Waals surface area contributed by atoms with Crippen molar-refractivity contribution < 1.29 is 4.79 Å². The molecule has 0 unspecified atom stereocenters. The van der Waals surface area contributed by atoms with E-state index < -0.39 is 35.8 Å². The molecular formula is C14H34N4OSi4. The van der Waals surface area contributed by atoms with Crippen molar-refractivity contribution in [3.8, 4) is 0 Å². The van der Waals surface area contributed by atoms with Crippen molar-refractivity contribution in [1.82, 2.24) is 8.68 Å². The Kier molecular flexibility index (Phi) is 8.11. The highest BCUT2D eigenvalue weighted by Crippen LogP contribution is 2.15. The number of carbonyl (C=O) groups excluding carboxylic acids is 1. The minimum atomic E-state index is -1.04. The summed E-state index contributed by atoms with van der Waals surface area (Å²) in [4.78, 5) is 12.5. The summed E-state index contributed by atoms with van der Waals surface area (Å²) in [5, 5.41) is 9.83. The zero-order chi connectivity index (χ0) is 17.7. The maximum atomic E-state index is 12.5. The van der Waals surface area contributed by atoms with Gasteiger partial charge in [-0.25, -0.2) is 0 Å². The van der Waals surface area contributed by atoms with Crippen LogP contribution < -0.4 is 0 Å². The fourth-order valence-electron chi connectivity index (χ4n) is 2.93. The van der Waals surface area contributed by atoms with Crippen LogP contribution in [0.1, 0.15) is 19.3 Å². The van der Waals surface area contributed by atoms with E-state index in [0.717, 1.165) is 18.6 Å². The lowest BCUT2D eigenvalue weighted by molar-refractivity contribution is -0.113. The Bertz CT molecular complexity index is 461. The third kappa shape index (κ3) is 5.80. The molecule has 0 aromatic rings. The van der Waals surface area contributed by atoms with E-state index in [1.807, 2.05) is 0 Å². The van der Waals surface area contributed by atoms with Gasteiger partial charge in [-0.05, 0) is 12.8 Å². The standard InChI is InChI=1S/C14H34N4OSi4/c1-20(2)17(21(3)4)15-12-10-9-11-13(19)14(12)16-18(22(5)6)23(7)8/h20-23H,9-11H2,1-8H3. The molecule has 0 heterocycles. The molecule has 1 aliphatic rings. The Hall–Kier alpha value is -0.522. The summed E-state index contributed by atoms with van der Waals surface area (Å²) in [6.07, 6.45) is 2.45. The van der Waals surface area contributed by atoms with Crippen molar-refractivity contribution in [3.63, 3.8) is 0 Å². The topological polar surface area (TPSA) is 48.3 Å². The molecule has 5 nitrogen and oxygen atoms in total. The van der Waals surface area contributed by atoms with Gasteiger partial charge in [-0.3, -0.25) is 4.79 Å². The van der Waals surface area contributed by atoms with Crippen molar-refractivity contribution in [3.05, 3.63) is 0 Å². The van der Waals surface area contributed by atoms with Gasteiger partial charge < -0.3 is 8.68 Å². The van der Waals surface area contributed by atoms with Crippen molar-refractivity contribution in [2.24, 2.45) is 10.2 Å². The molecule has 0 amide bonds. The van der Waals surface area contributed by atoms with Gasteiger partial charge in [0.15, 0.2) is 5.78 Å². The zero-order valence-corrected chi connectivity index (χ0v) is 20.7. The second-order valence-electron chi connectivity index (χ2n) is 7.41. The highest BCUT2D eigenvalue weighted by Gasteiger charge is 2.27. The summed E-state index contributed by atoms with van der Waals surface area (Å²) in [7, 11) is -4.06. The highest BCUT2D eigenvalue weighted by molar-refractivity contribution is 6.73. The Morgan fingerprint density at radius 2 is 1.17 bits per heavy atom. The molecule has 0 atom stereocenters. The lowest BCUT2D eigenvalue weighted by Crippen LogP contribution is -2.44. The van der Waals surface area contributed by atoms with Crippen LogP contribution in [0, 0.1) is 0 Å². The fraction of sp³-hybridized carbons (Fsp3) is 0.786. The molecule has 0 aromatic carbocycles. The molecule has 1 aliphatic carbocycles. The summed E-state index contributed by atoms with van der Waals surface area (Å²) in [6, 6.07) is 0. The predicted octanol–water partition coefficient (Wildman–Crippen LogP) is 1.99. The monoisotopic (exact) mass is 386 g/mol. The third-order valence-corrected chi connectivity index (χ3v) is 15.8. The van der Waals surface area contributed by atoms with Gasteiger partial charge in [-0.1, -0.05) is 52.4 Å². The number of nitrogens with zero attached hydrogens (tertiary/aromatic N) is 4. The van der Waals surface area contributed by atoms with Gasteiger partial charge in [0, 0.05) is 6.42 Å². The van der Waals surface area contributed by atoms with Crippen LogP contribution in [0.3, 0.4) is 0 Å². The molecular weight excluding hydrogens is 353 g/mol. The van der Waals surface area contributed by atoms with Gasteiger partial charge in [0.05, 0.1) is 5.71 Å². The van der Waals surface area contributed by atoms with Crippen molar-refractivity contribution >= 4 is 53.0 Å². The summed E-state index contributed by atoms with van der Waals surface area (Å²) < 4.78 is 4.67. The van der Waals surface area contributed by atoms with E-state index in [2.05, 4.69) is 61.1 Å². The van der Waals surface area contributed by atoms with Crippen LogP contribution >= 0.6 is 0 Å². The minimum Gasteiger partial charge on any atom is -0.355 e. The molecule has 0 aromatic heterocycles. The van der Waals surface area contributed by atoms with E-state index in [9.17, 15) is 4.79 Å². The first kappa shape index (κ1) is 20.5. The lowest BCUT2D eigenvalue weighted by Gasteiger charge is -2.31. The SMILES string of the molecule is C[SiH](C)N(N=C1CCCC(=O)C1=NN([SiH](C)C)[SiH](C)C)[SiH](C)C. The van der Waals surface area contributed by atoms with Crippen LogP contribution in [0.2, 0.25) is 52.4 Å². The zero-order valence-electron chi connectivity index (χ0n) is 16.1. The number of ketones is 1. The number of Topliss-reactive ketones (excluding diaryl/α,β-unsaturated/α-hetero) is 1. The Balaban J connectivity index is 3.24. The smallest absolute Gasteiger partial charge is 0.184 e. The van der Waals surface area contributed by atoms with Crippen LogP contribution in [0.25, 0.3) is 0 Å². The van der Waals surface area contributed by atoms with Crippen molar-refractivity contribution in [1.29, 1.82) is 0 Å².